The number of benzene rings is 1. The third kappa shape index (κ3) is 5.81. The Morgan fingerprint density at radius 3 is 2.68 bits per heavy atom. The van der Waals surface area contributed by atoms with Crippen molar-refractivity contribution in [2.45, 2.75) is 52.2 Å². The molecule has 0 aliphatic carbocycles. The van der Waals surface area contributed by atoms with E-state index in [-0.39, 0.29) is 30.0 Å². The van der Waals surface area contributed by atoms with Gasteiger partial charge in [0.2, 0.25) is 11.8 Å². The Hall–Kier alpha value is -2.51. The average molecular weight is 353 g/mol. The van der Waals surface area contributed by atoms with Gasteiger partial charge in [0.1, 0.15) is 5.75 Å². The first-order chi connectivity index (χ1) is 11.8. The van der Waals surface area contributed by atoms with E-state index in [9.17, 15) is 13.6 Å². The van der Waals surface area contributed by atoms with Crippen molar-refractivity contribution in [2.75, 3.05) is 0 Å². The quantitative estimate of drug-likeness (QED) is 0.827. The number of nitrogens with one attached hydrogen (secondary N) is 1. The van der Waals surface area contributed by atoms with Crippen molar-refractivity contribution < 1.29 is 22.8 Å². The molecule has 2 rings (SSSR count). The minimum absolute atomic E-state index is 0.0459. The monoisotopic (exact) mass is 353 g/mol. The molecule has 1 heterocycles. The molecule has 1 aromatic carbocycles. The first kappa shape index (κ1) is 18.8. The molecule has 0 aliphatic heterocycles. The van der Waals surface area contributed by atoms with E-state index in [4.69, 9.17) is 4.52 Å². The van der Waals surface area contributed by atoms with Crippen molar-refractivity contribution in [1.29, 1.82) is 0 Å². The van der Waals surface area contributed by atoms with Crippen LogP contribution in [0, 0.1) is 0 Å². The zero-order valence-corrected chi connectivity index (χ0v) is 14.4. The number of carbonyl (C=O) groups is 1. The van der Waals surface area contributed by atoms with Gasteiger partial charge in [0.25, 0.3) is 0 Å². The first-order valence-corrected chi connectivity index (χ1v) is 7.88. The highest BCUT2D eigenvalue weighted by Gasteiger charge is 2.21. The van der Waals surface area contributed by atoms with E-state index in [2.05, 4.69) is 20.2 Å². The van der Waals surface area contributed by atoms with Crippen LogP contribution < -0.4 is 10.1 Å². The maximum Gasteiger partial charge on any atom is 0.387 e. The SMILES string of the molecule is CC(C)(C)c1noc(CCC(=O)NCc2ccccc2OC(F)F)n1. The Bertz CT molecular complexity index is 711. The van der Waals surface area contributed by atoms with Crippen LogP contribution in [0.5, 0.6) is 5.75 Å². The summed E-state index contributed by atoms with van der Waals surface area (Å²) in [5.41, 5.74) is 0.252. The van der Waals surface area contributed by atoms with Crippen molar-refractivity contribution >= 4 is 5.91 Å². The van der Waals surface area contributed by atoms with Crippen LogP contribution in [0.1, 0.15) is 44.5 Å². The molecule has 0 spiro atoms. The fraction of sp³-hybridized carbons (Fsp3) is 0.471. The molecule has 0 fully saturated rings. The number of aromatic nitrogens is 2. The molecule has 136 valence electrons. The van der Waals surface area contributed by atoms with E-state index in [1.807, 2.05) is 20.8 Å². The van der Waals surface area contributed by atoms with Crippen LogP contribution in [-0.2, 0) is 23.2 Å². The van der Waals surface area contributed by atoms with Gasteiger partial charge in [-0.3, -0.25) is 4.79 Å². The summed E-state index contributed by atoms with van der Waals surface area (Å²) in [5, 5.41) is 6.56. The standard InChI is InChI=1S/C17H21F2N3O3/c1-17(2,3)15-21-14(25-22-15)9-8-13(23)20-10-11-6-4-5-7-12(11)24-16(18)19/h4-7,16H,8-10H2,1-3H3,(H,20,23). The zero-order chi connectivity index (χ0) is 18.4. The Morgan fingerprint density at radius 1 is 1.32 bits per heavy atom. The highest BCUT2D eigenvalue weighted by atomic mass is 19.3. The summed E-state index contributed by atoms with van der Waals surface area (Å²) in [7, 11) is 0. The fourth-order valence-electron chi connectivity index (χ4n) is 2.02. The van der Waals surface area contributed by atoms with Gasteiger partial charge in [-0.2, -0.15) is 13.8 Å². The molecule has 0 saturated carbocycles. The molecule has 0 atom stereocenters. The summed E-state index contributed by atoms with van der Waals surface area (Å²) in [6, 6.07) is 6.32. The van der Waals surface area contributed by atoms with E-state index >= 15 is 0 Å². The number of ether oxygens (including phenoxy) is 1. The largest absolute Gasteiger partial charge is 0.434 e. The summed E-state index contributed by atoms with van der Waals surface area (Å²) >= 11 is 0. The van der Waals surface area contributed by atoms with Gasteiger partial charge in [-0.25, -0.2) is 0 Å². The summed E-state index contributed by atoms with van der Waals surface area (Å²) < 4.78 is 34.3. The third-order valence-electron chi connectivity index (χ3n) is 3.37. The van der Waals surface area contributed by atoms with E-state index in [0.717, 1.165) is 0 Å². The van der Waals surface area contributed by atoms with E-state index in [1.54, 1.807) is 18.2 Å². The fourth-order valence-corrected chi connectivity index (χ4v) is 2.02. The average Bonchev–Trinajstić information content (AvgIpc) is 3.01. The van der Waals surface area contributed by atoms with Crippen molar-refractivity contribution in [3.05, 3.63) is 41.5 Å². The van der Waals surface area contributed by atoms with E-state index < -0.39 is 6.61 Å². The Labute approximate surface area is 144 Å². The minimum atomic E-state index is -2.91. The summed E-state index contributed by atoms with van der Waals surface area (Å²) in [6.07, 6.45) is 0.466. The van der Waals surface area contributed by atoms with Crippen LogP contribution in [0.2, 0.25) is 0 Å². The van der Waals surface area contributed by atoms with Crippen molar-refractivity contribution in [1.82, 2.24) is 15.5 Å². The normalized spacial score (nSPS) is 11.6. The molecule has 0 bridgehead atoms. The van der Waals surface area contributed by atoms with Crippen LogP contribution in [0.25, 0.3) is 0 Å². The van der Waals surface area contributed by atoms with Gasteiger partial charge in [0.15, 0.2) is 5.82 Å². The molecular formula is C17H21F2N3O3. The predicted molar refractivity (Wildman–Crippen MR) is 86.2 cm³/mol. The summed E-state index contributed by atoms with van der Waals surface area (Å²) in [6.45, 7) is 3.08. The second-order valence-electron chi connectivity index (χ2n) is 6.52. The number of hydrogen-bond donors (Lipinski definition) is 1. The maximum atomic E-state index is 12.4. The molecule has 1 aromatic heterocycles. The number of aryl methyl sites for hydroxylation is 1. The molecule has 1 amide bonds. The van der Waals surface area contributed by atoms with Crippen LogP contribution in [0.3, 0.4) is 0 Å². The number of nitrogens with zero attached hydrogens (tertiary/aromatic N) is 2. The lowest BCUT2D eigenvalue weighted by molar-refractivity contribution is -0.121. The number of rotatable bonds is 7. The molecule has 6 nitrogen and oxygen atoms in total. The number of amides is 1. The molecule has 8 heteroatoms. The number of alkyl halides is 2. The van der Waals surface area contributed by atoms with Crippen LogP contribution in [-0.4, -0.2) is 22.7 Å². The summed E-state index contributed by atoms with van der Waals surface area (Å²) in [4.78, 5) is 16.2. The van der Waals surface area contributed by atoms with E-state index in [1.165, 1.54) is 6.07 Å². The maximum absolute atomic E-state index is 12.4. The molecular weight excluding hydrogens is 332 g/mol. The Morgan fingerprint density at radius 2 is 2.04 bits per heavy atom. The van der Waals surface area contributed by atoms with Gasteiger partial charge >= 0.3 is 6.61 Å². The molecule has 0 saturated heterocycles. The molecule has 2 aromatic rings. The van der Waals surface area contributed by atoms with Crippen LogP contribution >= 0.6 is 0 Å². The van der Waals surface area contributed by atoms with Gasteiger partial charge in [-0.05, 0) is 6.07 Å². The Kier molecular flexibility index (Phi) is 6.06. The lowest BCUT2D eigenvalue weighted by Gasteiger charge is -2.11. The van der Waals surface area contributed by atoms with Gasteiger partial charge in [-0.15, -0.1) is 0 Å². The molecule has 0 radical (unpaired) electrons. The summed E-state index contributed by atoms with van der Waals surface area (Å²) in [5.74, 6) is 0.773. The topological polar surface area (TPSA) is 77.2 Å². The van der Waals surface area contributed by atoms with Crippen LogP contribution in [0.4, 0.5) is 8.78 Å². The zero-order valence-electron chi connectivity index (χ0n) is 14.4. The van der Waals surface area contributed by atoms with E-state index in [0.29, 0.717) is 23.7 Å². The van der Waals surface area contributed by atoms with Gasteiger partial charge in [-0.1, -0.05) is 44.1 Å². The molecule has 0 aliphatic rings. The Balaban J connectivity index is 1.84. The second-order valence-corrected chi connectivity index (χ2v) is 6.52. The highest BCUT2D eigenvalue weighted by Crippen LogP contribution is 2.20. The lowest BCUT2D eigenvalue weighted by Crippen LogP contribution is -2.23. The third-order valence-corrected chi connectivity index (χ3v) is 3.37. The number of hydrogen-bond acceptors (Lipinski definition) is 5. The van der Waals surface area contributed by atoms with Gasteiger partial charge < -0.3 is 14.6 Å². The smallest absolute Gasteiger partial charge is 0.387 e. The first-order valence-electron chi connectivity index (χ1n) is 7.88. The molecule has 25 heavy (non-hydrogen) atoms. The lowest BCUT2D eigenvalue weighted by atomic mass is 9.96. The van der Waals surface area contributed by atoms with Crippen molar-refractivity contribution in [2.24, 2.45) is 0 Å². The predicted octanol–water partition coefficient (Wildman–Crippen LogP) is 3.22. The molecule has 0 unspecified atom stereocenters. The number of para-hydroxylation sites is 1. The second kappa shape index (κ2) is 8.04. The van der Waals surface area contributed by atoms with Crippen LogP contribution in [0.15, 0.2) is 28.8 Å². The highest BCUT2D eigenvalue weighted by molar-refractivity contribution is 5.76. The number of halogens is 2. The number of carbonyl (C=O) groups excluding carboxylic acids is 1. The van der Waals surface area contributed by atoms with Gasteiger partial charge in [0, 0.05) is 30.4 Å². The molecule has 1 N–H and O–H groups in total. The van der Waals surface area contributed by atoms with Crippen molar-refractivity contribution in [3.63, 3.8) is 0 Å². The van der Waals surface area contributed by atoms with Gasteiger partial charge in [0.05, 0.1) is 0 Å². The minimum Gasteiger partial charge on any atom is -0.434 e. The van der Waals surface area contributed by atoms with Crippen molar-refractivity contribution in [3.8, 4) is 5.75 Å².